The van der Waals surface area contributed by atoms with Crippen molar-refractivity contribution in [1.29, 1.82) is 0 Å². The molecule has 0 spiro atoms. The van der Waals surface area contributed by atoms with Crippen molar-refractivity contribution in [3.05, 3.63) is 90.8 Å². The molecule has 0 atom stereocenters. The summed E-state index contributed by atoms with van der Waals surface area (Å²) in [5.41, 5.74) is 4.25. The summed E-state index contributed by atoms with van der Waals surface area (Å²) in [6.07, 6.45) is 11.1. The second kappa shape index (κ2) is 8.80. The highest BCUT2D eigenvalue weighted by atomic mass is 15.1. The van der Waals surface area contributed by atoms with Gasteiger partial charge in [-0.15, -0.1) is 0 Å². The van der Waals surface area contributed by atoms with E-state index in [2.05, 4.69) is 50.1 Å². The standard InChI is InChI=1S/C20H25N/c1-6-8-10-13-18(4)21(19(5)16-17(3)7-2)20-14-11-9-12-15-20/h6,8-16H,3-4,7H2,1-2,5H3/b8-6-,13-10-,19-16+. The first-order valence-electron chi connectivity index (χ1n) is 7.29. The molecule has 1 aromatic carbocycles. The molecule has 1 aromatic rings. The van der Waals surface area contributed by atoms with Crippen LogP contribution in [-0.2, 0) is 0 Å². The monoisotopic (exact) mass is 279 g/mol. The van der Waals surface area contributed by atoms with Crippen LogP contribution in [0.2, 0.25) is 0 Å². The zero-order chi connectivity index (χ0) is 15.7. The van der Waals surface area contributed by atoms with Crippen LogP contribution in [0.1, 0.15) is 27.2 Å². The van der Waals surface area contributed by atoms with Crippen LogP contribution >= 0.6 is 0 Å². The Labute approximate surface area is 129 Å². The Bertz CT molecular complexity index is 559. The molecule has 0 unspecified atom stereocenters. The molecule has 0 amide bonds. The highest BCUT2D eigenvalue weighted by molar-refractivity contribution is 5.60. The topological polar surface area (TPSA) is 3.24 Å². The van der Waals surface area contributed by atoms with E-state index >= 15 is 0 Å². The minimum atomic E-state index is 0.928. The van der Waals surface area contributed by atoms with E-state index in [-0.39, 0.29) is 0 Å². The van der Waals surface area contributed by atoms with Crippen LogP contribution < -0.4 is 4.90 Å². The first kappa shape index (κ1) is 16.8. The lowest BCUT2D eigenvalue weighted by molar-refractivity contribution is 1.08. The van der Waals surface area contributed by atoms with E-state index in [0.717, 1.165) is 29.1 Å². The predicted octanol–water partition coefficient (Wildman–Crippen LogP) is 6.01. The maximum absolute atomic E-state index is 4.19. The normalized spacial score (nSPS) is 12.0. The van der Waals surface area contributed by atoms with Gasteiger partial charge in [0, 0.05) is 17.1 Å². The molecule has 21 heavy (non-hydrogen) atoms. The molecule has 0 N–H and O–H groups in total. The van der Waals surface area contributed by atoms with Crippen molar-refractivity contribution in [2.75, 3.05) is 4.90 Å². The van der Waals surface area contributed by atoms with Gasteiger partial charge in [-0.25, -0.2) is 0 Å². The molecular weight excluding hydrogens is 254 g/mol. The van der Waals surface area contributed by atoms with Crippen LogP contribution in [0.15, 0.2) is 90.8 Å². The summed E-state index contributed by atoms with van der Waals surface area (Å²) in [6, 6.07) is 10.3. The maximum Gasteiger partial charge on any atom is 0.0458 e. The maximum atomic E-state index is 4.19. The second-order valence-electron chi connectivity index (χ2n) is 4.84. The molecule has 0 bridgehead atoms. The molecule has 0 radical (unpaired) electrons. The van der Waals surface area contributed by atoms with Crippen LogP contribution in [0, 0.1) is 0 Å². The van der Waals surface area contributed by atoms with Gasteiger partial charge in [0.1, 0.15) is 0 Å². The molecular formula is C20H25N. The van der Waals surface area contributed by atoms with E-state index in [4.69, 9.17) is 0 Å². The second-order valence-corrected chi connectivity index (χ2v) is 4.84. The van der Waals surface area contributed by atoms with Gasteiger partial charge in [0.05, 0.1) is 0 Å². The van der Waals surface area contributed by atoms with E-state index in [1.807, 2.05) is 49.4 Å². The third-order valence-electron chi connectivity index (χ3n) is 3.11. The molecule has 1 nitrogen and oxygen atoms in total. The fourth-order valence-electron chi connectivity index (χ4n) is 1.99. The van der Waals surface area contributed by atoms with Gasteiger partial charge in [-0.05, 0) is 44.6 Å². The molecule has 0 aliphatic rings. The highest BCUT2D eigenvalue weighted by Gasteiger charge is 2.10. The molecule has 0 fully saturated rings. The lowest BCUT2D eigenvalue weighted by atomic mass is 10.1. The number of hydrogen-bond acceptors (Lipinski definition) is 1. The van der Waals surface area contributed by atoms with Crippen LogP contribution in [0.4, 0.5) is 5.69 Å². The van der Waals surface area contributed by atoms with Crippen molar-refractivity contribution in [2.24, 2.45) is 0 Å². The summed E-state index contributed by atoms with van der Waals surface area (Å²) in [4.78, 5) is 2.14. The number of allylic oxidation sites excluding steroid dienone is 7. The third-order valence-corrected chi connectivity index (χ3v) is 3.11. The minimum absolute atomic E-state index is 0.928. The summed E-state index contributed by atoms with van der Waals surface area (Å²) in [6.45, 7) is 14.4. The molecule has 0 aliphatic carbocycles. The van der Waals surface area contributed by atoms with Gasteiger partial charge in [0.15, 0.2) is 0 Å². The van der Waals surface area contributed by atoms with Crippen LogP contribution in [0.3, 0.4) is 0 Å². The van der Waals surface area contributed by atoms with Gasteiger partial charge in [0.25, 0.3) is 0 Å². The molecule has 0 saturated heterocycles. The first-order chi connectivity index (χ1) is 10.1. The Hall–Kier alpha value is -2.28. The predicted molar refractivity (Wildman–Crippen MR) is 95.2 cm³/mol. The number of nitrogens with zero attached hydrogens (tertiary/aromatic N) is 1. The molecule has 0 saturated carbocycles. The van der Waals surface area contributed by atoms with E-state index in [1.165, 1.54) is 0 Å². The van der Waals surface area contributed by atoms with Crippen LogP contribution in [0.5, 0.6) is 0 Å². The molecule has 0 aromatic heterocycles. The number of hydrogen-bond donors (Lipinski definition) is 0. The van der Waals surface area contributed by atoms with Gasteiger partial charge in [0.2, 0.25) is 0 Å². The summed E-state index contributed by atoms with van der Waals surface area (Å²) >= 11 is 0. The fraction of sp³-hybridized carbons (Fsp3) is 0.200. The SMILES string of the molecule is C=C(/C=C(\C)N(C(=C)/C=C\C=C/C)c1ccccc1)CC. The number of benzene rings is 1. The highest BCUT2D eigenvalue weighted by Crippen LogP contribution is 2.24. The summed E-state index contributed by atoms with van der Waals surface area (Å²) < 4.78 is 0. The van der Waals surface area contributed by atoms with Crippen molar-refractivity contribution in [3.63, 3.8) is 0 Å². The van der Waals surface area contributed by atoms with Gasteiger partial charge < -0.3 is 4.90 Å². The summed E-state index contributed by atoms with van der Waals surface area (Å²) in [5.74, 6) is 0. The Kier molecular flexibility index (Phi) is 7.03. The smallest absolute Gasteiger partial charge is 0.0458 e. The Balaban J connectivity index is 3.15. The zero-order valence-corrected chi connectivity index (χ0v) is 13.3. The Morgan fingerprint density at radius 3 is 2.38 bits per heavy atom. The van der Waals surface area contributed by atoms with Crippen molar-refractivity contribution in [1.82, 2.24) is 0 Å². The largest absolute Gasteiger partial charge is 0.315 e. The lowest BCUT2D eigenvalue weighted by Gasteiger charge is -2.26. The zero-order valence-electron chi connectivity index (χ0n) is 13.3. The average Bonchev–Trinajstić information content (AvgIpc) is 2.48. The van der Waals surface area contributed by atoms with Crippen molar-refractivity contribution in [3.8, 4) is 0 Å². The number of para-hydroxylation sites is 1. The fourth-order valence-corrected chi connectivity index (χ4v) is 1.99. The molecule has 1 rings (SSSR count). The molecule has 1 heteroatoms. The number of rotatable bonds is 7. The average molecular weight is 279 g/mol. The van der Waals surface area contributed by atoms with Crippen molar-refractivity contribution in [2.45, 2.75) is 27.2 Å². The van der Waals surface area contributed by atoms with Crippen LogP contribution in [0.25, 0.3) is 0 Å². The van der Waals surface area contributed by atoms with Gasteiger partial charge in [-0.3, -0.25) is 0 Å². The Morgan fingerprint density at radius 2 is 1.81 bits per heavy atom. The van der Waals surface area contributed by atoms with E-state index in [9.17, 15) is 0 Å². The van der Waals surface area contributed by atoms with E-state index in [0.29, 0.717) is 0 Å². The van der Waals surface area contributed by atoms with Crippen molar-refractivity contribution >= 4 is 5.69 Å². The lowest BCUT2D eigenvalue weighted by Crippen LogP contribution is -2.18. The first-order valence-corrected chi connectivity index (χ1v) is 7.29. The Morgan fingerprint density at radius 1 is 1.14 bits per heavy atom. The minimum Gasteiger partial charge on any atom is -0.315 e. The van der Waals surface area contributed by atoms with E-state index in [1.54, 1.807) is 0 Å². The molecule has 0 heterocycles. The number of anilines is 1. The van der Waals surface area contributed by atoms with E-state index < -0.39 is 0 Å². The van der Waals surface area contributed by atoms with Gasteiger partial charge in [-0.2, -0.15) is 0 Å². The molecule has 110 valence electrons. The third kappa shape index (κ3) is 5.31. The summed E-state index contributed by atoms with van der Waals surface area (Å²) in [5, 5.41) is 0. The quantitative estimate of drug-likeness (QED) is 0.552. The summed E-state index contributed by atoms with van der Waals surface area (Å²) in [7, 11) is 0. The van der Waals surface area contributed by atoms with Gasteiger partial charge >= 0.3 is 0 Å². The molecule has 0 aliphatic heterocycles. The van der Waals surface area contributed by atoms with Gasteiger partial charge in [-0.1, -0.05) is 62.1 Å². The van der Waals surface area contributed by atoms with Crippen molar-refractivity contribution < 1.29 is 0 Å². The van der Waals surface area contributed by atoms with Crippen LogP contribution in [-0.4, -0.2) is 0 Å².